The molecule has 1 saturated heterocycles. The van der Waals surface area contributed by atoms with Gasteiger partial charge in [-0.25, -0.2) is 0 Å². The lowest BCUT2D eigenvalue weighted by Gasteiger charge is -1.81. The fourth-order valence-corrected chi connectivity index (χ4v) is 0.986. The molecule has 0 atom stereocenters. The molecule has 0 N–H and O–H groups in total. The first-order valence-electron chi connectivity index (χ1n) is 1.66. The van der Waals surface area contributed by atoms with Gasteiger partial charge in [0.2, 0.25) is 4.38 Å². The zero-order valence-electron chi connectivity index (χ0n) is 3.34. The van der Waals surface area contributed by atoms with E-state index in [0.29, 0.717) is 10.1 Å². The highest BCUT2D eigenvalue weighted by Gasteiger charge is 2.16. The Morgan fingerprint density at radius 1 is 1.86 bits per heavy atom. The van der Waals surface area contributed by atoms with Gasteiger partial charge >= 0.3 is 5.97 Å². The maximum Gasteiger partial charge on any atom is 0.323 e. The molecule has 0 aliphatic carbocycles. The molecule has 1 aliphatic rings. The van der Waals surface area contributed by atoms with Gasteiger partial charge in [0.15, 0.2) is 0 Å². The molecule has 0 amide bonds. The topological polar surface area (TPSA) is 26.3 Å². The molecule has 2 nitrogen and oxygen atoms in total. The fraction of sp³-hybridized carbons (Fsp3) is 0.333. The van der Waals surface area contributed by atoms with Gasteiger partial charge in [-0.2, -0.15) is 0 Å². The Kier molecular flexibility index (Phi) is 1.30. The summed E-state index contributed by atoms with van der Waals surface area (Å²) in [6.07, 6.45) is 0. The zero-order chi connectivity index (χ0) is 5.28. The molecule has 0 bridgehead atoms. The number of thiocarbonyl (C=S) groups is 1. The van der Waals surface area contributed by atoms with Gasteiger partial charge in [0.25, 0.3) is 0 Å². The van der Waals surface area contributed by atoms with Crippen LogP contribution in [0.5, 0.6) is 0 Å². The summed E-state index contributed by atoms with van der Waals surface area (Å²) in [4.78, 5) is 10.1. The van der Waals surface area contributed by atoms with Crippen molar-refractivity contribution < 1.29 is 9.53 Å². The second kappa shape index (κ2) is 1.79. The van der Waals surface area contributed by atoms with Gasteiger partial charge in [0, 0.05) is 0 Å². The van der Waals surface area contributed by atoms with Crippen molar-refractivity contribution in [2.24, 2.45) is 0 Å². The van der Waals surface area contributed by atoms with E-state index in [-0.39, 0.29) is 5.97 Å². The Morgan fingerprint density at radius 3 is 2.71 bits per heavy atom. The molecule has 4 heteroatoms. The Hall–Kier alpha value is -0.0900. The van der Waals surface area contributed by atoms with E-state index >= 15 is 0 Å². The lowest BCUT2D eigenvalue weighted by molar-refractivity contribution is -0.131. The van der Waals surface area contributed by atoms with Crippen LogP contribution in [0.2, 0.25) is 0 Å². The summed E-state index contributed by atoms with van der Waals surface area (Å²) in [6.45, 7) is 0. The van der Waals surface area contributed by atoms with Crippen LogP contribution in [-0.4, -0.2) is 16.1 Å². The molecule has 0 saturated carbocycles. The summed E-state index contributed by atoms with van der Waals surface area (Å²) in [7, 11) is 0. The maximum atomic E-state index is 10.1. The summed E-state index contributed by atoms with van der Waals surface area (Å²) in [5.41, 5.74) is 0. The van der Waals surface area contributed by atoms with Crippen molar-refractivity contribution >= 4 is 34.3 Å². The smallest absolute Gasteiger partial charge is 0.323 e. The third-order valence-electron chi connectivity index (χ3n) is 0.505. The largest absolute Gasteiger partial charge is 0.408 e. The minimum atomic E-state index is -0.227. The SMILES string of the molecule is O=C1CSC(=S)O1. The number of carbonyl (C=O) groups is 1. The van der Waals surface area contributed by atoms with Crippen molar-refractivity contribution in [2.75, 3.05) is 5.75 Å². The third-order valence-corrected chi connectivity index (χ3v) is 1.64. The number of ether oxygens (including phenoxy) is 1. The minimum Gasteiger partial charge on any atom is -0.408 e. The van der Waals surface area contributed by atoms with Crippen molar-refractivity contribution in [3.63, 3.8) is 0 Å². The first kappa shape index (κ1) is 5.05. The van der Waals surface area contributed by atoms with Gasteiger partial charge in [-0.1, -0.05) is 11.8 Å². The van der Waals surface area contributed by atoms with Crippen LogP contribution < -0.4 is 0 Å². The zero-order valence-corrected chi connectivity index (χ0v) is 4.97. The molecule has 0 aromatic rings. The monoisotopic (exact) mass is 134 g/mol. The highest BCUT2D eigenvalue weighted by molar-refractivity contribution is 8.23. The summed E-state index contributed by atoms with van der Waals surface area (Å²) >= 11 is 5.78. The number of thioether (sulfide) groups is 1. The molecule has 0 unspecified atom stereocenters. The average Bonchev–Trinajstić information content (AvgIpc) is 1.87. The van der Waals surface area contributed by atoms with E-state index in [4.69, 9.17) is 0 Å². The lowest BCUT2D eigenvalue weighted by Crippen LogP contribution is -1.95. The molecule has 1 fully saturated rings. The summed E-state index contributed by atoms with van der Waals surface area (Å²) in [6, 6.07) is 0. The van der Waals surface area contributed by atoms with E-state index in [9.17, 15) is 4.79 Å². The van der Waals surface area contributed by atoms with Crippen molar-refractivity contribution in [3.8, 4) is 0 Å². The first-order chi connectivity index (χ1) is 3.29. The molecule has 1 rings (SSSR count). The molecular formula is C3H2O2S2. The summed E-state index contributed by atoms with van der Waals surface area (Å²) < 4.78 is 4.77. The van der Waals surface area contributed by atoms with E-state index in [1.54, 1.807) is 0 Å². The van der Waals surface area contributed by atoms with Gasteiger partial charge in [0.05, 0.1) is 0 Å². The molecule has 0 aromatic heterocycles. The van der Waals surface area contributed by atoms with E-state index < -0.39 is 0 Å². The summed E-state index contributed by atoms with van der Waals surface area (Å²) in [5.74, 6) is 0.161. The standard InChI is InChI=1S/C3H2O2S2/c4-2-1-7-3(6)5-2/h1H2. The first-order valence-corrected chi connectivity index (χ1v) is 3.06. The molecule has 1 aliphatic heterocycles. The Labute approximate surface area is 50.2 Å². The molecule has 0 aromatic carbocycles. The fourth-order valence-electron chi connectivity index (χ4n) is 0.270. The van der Waals surface area contributed by atoms with Gasteiger partial charge in [0.1, 0.15) is 5.75 Å². The second-order valence-electron chi connectivity index (χ2n) is 1.01. The Balaban J connectivity index is 2.55. The minimum absolute atomic E-state index is 0.227. The van der Waals surface area contributed by atoms with Crippen LogP contribution >= 0.6 is 24.0 Å². The van der Waals surface area contributed by atoms with Crippen LogP contribution in [0.3, 0.4) is 0 Å². The predicted octanol–water partition coefficient (Wildman–Crippen LogP) is 0.561. The normalized spacial score (nSPS) is 20.0. The molecular weight excluding hydrogens is 132 g/mol. The van der Waals surface area contributed by atoms with Gasteiger partial charge in [-0.15, -0.1) is 0 Å². The van der Waals surface area contributed by atoms with Crippen LogP contribution in [0.1, 0.15) is 0 Å². The van der Waals surface area contributed by atoms with Crippen LogP contribution in [0.25, 0.3) is 0 Å². The van der Waals surface area contributed by atoms with Gasteiger partial charge in [-0.3, -0.25) is 4.79 Å². The van der Waals surface area contributed by atoms with Crippen molar-refractivity contribution in [2.45, 2.75) is 0 Å². The summed E-state index contributed by atoms with van der Waals surface area (Å²) in [5, 5.41) is 0. The average molecular weight is 134 g/mol. The van der Waals surface area contributed by atoms with E-state index in [2.05, 4.69) is 17.0 Å². The Morgan fingerprint density at radius 2 is 2.57 bits per heavy atom. The number of carbonyl (C=O) groups excluding carboxylic acids is 1. The number of hydrogen-bond acceptors (Lipinski definition) is 4. The number of esters is 1. The lowest BCUT2D eigenvalue weighted by atomic mass is 10.8. The number of rotatable bonds is 0. The number of cyclic esters (lactones) is 1. The third kappa shape index (κ3) is 1.14. The molecule has 1 heterocycles. The predicted molar refractivity (Wildman–Crippen MR) is 31.1 cm³/mol. The Bertz CT molecular complexity index is 106. The highest BCUT2D eigenvalue weighted by atomic mass is 32.2. The quantitative estimate of drug-likeness (QED) is 0.357. The van der Waals surface area contributed by atoms with Crippen molar-refractivity contribution in [3.05, 3.63) is 0 Å². The molecule has 0 spiro atoms. The van der Waals surface area contributed by atoms with Crippen LogP contribution in [0.4, 0.5) is 0 Å². The van der Waals surface area contributed by atoms with Crippen molar-refractivity contribution in [1.82, 2.24) is 0 Å². The molecule has 0 radical (unpaired) electrons. The highest BCUT2D eigenvalue weighted by Crippen LogP contribution is 2.13. The van der Waals surface area contributed by atoms with Crippen LogP contribution in [-0.2, 0) is 9.53 Å². The van der Waals surface area contributed by atoms with Crippen LogP contribution in [0.15, 0.2) is 0 Å². The van der Waals surface area contributed by atoms with Gasteiger partial charge < -0.3 is 4.74 Å². The second-order valence-corrected chi connectivity index (χ2v) is 2.59. The van der Waals surface area contributed by atoms with Gasteiger partial charge in [-0.05, 0) is 12.2 Å². The van der Waals surface area contributed by atoms with E-state index in [0.717, 1.165) is 0 Å². The molecule has 7 heavy (non-hydrogen) atoms. The van der Waals surface area contributed by atoms with Crippen molar-refractivity contribution in [1.29, 1.82) is 0 Å². The van der Waals surface area contributed by atoms with E-state index in [1.165, 1.54) is 11.8 Å². The van der Waals surface area contributed by atoms with E-state index in [1.807, 2.05) is 0 Å². The maximum absolute atomic E-state index is 10.1. The number of hydrogen-bond donors (Lipinski definition) is 0. The van der Waals surface area contributed by atoms with Crippen LogP contribution in [0, 0.1) is 0 Å². The molecule has 38 valence electrons.